The maximum absolute atomic E-state index is 11.0. The van der Waals surface area contributed by atoms with Gasteiger partial charge in [0.25, 0.3) is 0 Å². The molecule has 0 spiro atoms. The van der Waals surface area contributed by atoms with Crippen LogP contribution in [-0.2, 0) is 11.2 Å². The minimum absolute atomic E-state index is 0.199. The van der Waals surface area contributed by atoms with Crippen LogP contribution in [0.3, 0.4) is 0 Å². The lowest BCUT2D eigenvalue weighted by molar-refractivity contribution is -0.121. The molecule has 1 unspecified atom stereocenters. The Kier molecular flexibility index (Phi) is 4.43. The van der Waals surface area contributed by atoms with Crippen LogP contribution >= 0.6 is 0 Å². The van der Waals surface area contributed by atoms with E-state index in [0.29, 0.717) is 6.42 Å². The Bertz CT molecular complexity index is 335. The highest BCUT2D eigenvalue weighted by atomic mass is 16.2. The summed E-state index contributed by atoms with van der Waals surface area (Å²) in [5, 5.41) is 2.57. The van der Waals surface area contributed by atoms with Crippen LogP contribution in [0.15, 0.2) is 31.0 Å². The van der Waals surface area contributed by atoms with Crippen molar-refractivity contribution < 1.29 is 4.79 Å². The molecule has 1 heterocycles. The number of nitrogens with one attached hydrogen (secondary N) is 1. The number of carbonyl (C=O) groups is 1. The molecule has 0 saturated heterocycles. The van der Waals surface area contributed by atoms with Crippen molar-refractivity contribution >= 4 is 5.91 Å². The number of aromatic nitrogens is 2. The Balaban J connectivity index is 2.32. The van der Waals surface area contributed by atoms with E-state index in [1.165, 1.54) is 6.33 Å². The van der Waals surface area contributed by atoms with Crippen molar-refractivity contribution in [2.75, 3.05) is 0 Å². The molecular formula is C10H14N4O. The first-order valence-electron chi connectivity index (χ1n) is 4.65. The molecule has 3 N–H and O–H groups in total. The highest BCUT2D eigenvalue weighted by molar-refractivity contribution is 5.81. The zero-order valence-corrected chi connectivity index (χ0v) is 8.55. The molecule has 1 aromatic heterocycles. The molecule has 1 rings (SSSR count). The molecular weight excluding hydrogens is 192 g/mol. The van der Waals surface area contributed by atoms with Gasteiger partial charge in [-0.25, -0.2) is 9.97 Å². The number of hydrogen-bond acceptors (Lipinski definition) is 4. The Morgan fingerprint density at radius 1 is 1.60 bits per heavy atom. The minimum atomic E-state index is -0.491. The average molecular weight is 206 g/mol. The molecule has 5 heteroatoms. The number of carbonyl (C=O) groups excluding carboxylic acids is 1. The van der Waals surface area contributed by atoms with Gasteiger partial charge in [0.05, 0.1) is 6.04 Å². The van der Waals surface area contributed by atoms with Crippen LogP contribution in [0.25, 0.3) is 0 Å². The fourth-order valence-electron chi connectivity index (χ4n) is 0.903. The van der Waals surface area contributed by atoms with Gasteiger partial charge in [-0.3, -0.25) is 4.79 Å². The molecule has 1 atom stereocenters. The van der Waals surface area contributed by atoms with Crippen molar-refractivity contribution in [3.05, 3.63) is 36.6 Å². The van der Waals surface area contributed by atoms with Gasteiger partial charge in [-0.1, -0.05) is 6.08 Å². The smallest absolute Gasteiger partial charge is 0.240 e. The highest BCUT2D eigenvalue weighted by Crippen LogP contribution is 1.94. The monoisotopic (exact) mass is 206 g/mol. The molecule has 0 aromatic carbocycles. The SMILES string of the molecule is CC(N)C(=O)N/C=C/Cc1cncnc1. The topological polar surface area (TPSA) is 80.9 Å². The number of rotatable bonds is 4. The molecule has 0 aliphatic carbocycles. The van der Waals surface area contributed by atoms with E-state index in [1.54, 1.807) is 25.5 Å². The molecule has 0 fully saturated rings. The van der Waals surface area contributed by atoms with Crippen molar-refractivity contribution in [3.63, 3.8) is 0 Å². The minimum Gasteiger partial charge on any atom is -0.332 e. The van der Waals surface area contributed by atoms with Crippen LogP contribution in [0.4, 0.5) is 0 Å². The lowest BCUT2D eigenvalue weighted by Crippen LogP contribution is -2.35. The van der Waals surface area contributed by atoms with Crippen LogP contribution in [0.5, 0.6) is 0 Å². The lowest BCUT2D eigenvalue weighted by Gasteiger charge is -2.01. The van der Waals surface area contributed by atoms with Crippen molar-refractivity contribution in [1.82, 2.24) is 15.3 Å². The normalized spacial score (nSPS) is 12.7. The van der Waals surface area contributed by atoms with E-state index in [9.17, 15) is 4.79 Å². The Morgan fingerprint density at radius 3 is 2.87 bits per heavy atom. The van der Waals surface area contributed by atoms with Crippen molar-refractivity contribution in [2.24, 2.45) is 5.73 Å². The van der Waals surface area contributed by atoms with E-state index in [0.717, 1.165) is 5.56 Å². The maximum Gasteiger partial charge on any atom is 0.240 e. The number of allylic oxidation sites excluding steroid dienone is 1. The third-order valence-electron chi connectivity index (χ3n) is 1.72. The molecule has 80 valence electrons. The second-order valence-electron chi connectivity index (χ2n) is 3.15. The molecule has 1 aromatic rings. The summed E-state index contributed by atoms with van der Waals surface area (Å²) in [6, 6.07) is -0.491. The van der Waals surface area contributed by atoms with Gasteiger partial charge < -0.3 is 11.1 Å². The largest absolute Gasteiger partial charge is 0.332 e. The van der Waals surface area contributed by atoms with Gasteiger partial charge in [0.15, 0.2) is 0 Å². The summed E-state index contributed by atoms with van der Waals surface area (Å²) >= 11 is 0. The van der Waals surface area contributed by atoms with E-state index in [-0.39, 0.29) is 5.91 Å². The van der Waals surface area contributed by atoms with Gasteiger partial charge in [-0.15, -0.1) is 0 Å². The summed E-state index contributed by atoms with van der Waals surface area (Å²) in [5.74, 6) is -0.199. The summed E-state index contributed by atoms with van der Waals surface area (Å²) in [4.78, 5) is 18.8. The molecule has 15 heavy (non-hydrogen) atoms. The molecule has 0 saturated carbocycles. The first-order chi connectivity index (χ1) is 7.20. The summed E-state index contributed by atoms with van der Waals surface area (Å²) < 4.78 is 0. The van der Waals surface area contributed by atoms with Gasteiger partial charge in [0.1, 0.15) is 6.33 Å². The first-order valence-corrected chi connectivity index (χ1v) is 4.65. The Hall–Kier alpha value is -1.75. The predicted octanol–water partition coefficient (Wildman–Crippen LogP) is -0.00380. The number of hydrogen-bond donors (Lipinski definition) is 2. The first kappa shape index (κ1) is 11.3. The van der Waals surface area contributed by atoms with Gasteiger partial charge in [0.2, 0.25) is 5.91 Å². The molecule has 5 nitrogen and oxygen atoms in total. The summed E-state index contributed by atoms with van der Waals surface area (Å²) in [5.41, 5.74) is 6.35. The zero-order chi connectivity index (χ0) is 11.1. The van der Waals surface area contributed by atoms with Gasteiger partial charge in [-0.2, -0.15) is 0 Å². The number of amides is 1. The van der Waals surface area contributed by atoms with E-state index >= 15 is 0 Å². The number of nitrogens with zero attached hydrogens (tertiary/aromatic N) is 2. The van der Waals surface area contributed by atoms with Crippen LogP contribution in [0.2, 0.25) is 0 Å². The second-order valence-corrected chi connectivity index (χ2v) is 3.15. The van der Waals surface area contributed by atoms with Crippen LogP contribution < -0.4 is 11.1 Å². The van der Waals surface area contributed by atoms with E-state index in [2.05, 4.69) is 15.3 Å². The number of nitrogens with two attached hydrogens (primary N) is 1. The van der Waals surface area contributed by atoms with Crippen LogP contribution in [0, 0.1) is 0 Å². The lowest BCUT2D eigenvalue weighted by atomic mass is 10.2. The van der Waals surface area contributed by atoms with E-state index in [4.69, 9.17) is 5.73 Å². The fraction of sp³-hybridized carbons (Fsp3) is 0.300. The molecule has 0 bridgehead atoms. The van der Waals surface area contributed by atoms with E-state index in [1.807, 2.05) is 6.08 Å². The zero-order valence-electron chi connectivity index (χ0n) is 8.55. The molecule has 0 aliphatic rings. The van der Waals surface area contributed by atoms with Gasteiger partial charge in [0, 0.05) is 18.6 Å². The second kappa shape index (κ2) is 5.87. The molecule has 0 radical (unpaired) electrons. The fourth-order valence-corrected chi connectivity index (χ4v) is 0.903. The third-order valence-corrected chi connectivity index (χ3v) is 1.72. The third kappa shape index (κ3) is 4.33. The highest BCUT2D eigenvalue weighted by Gasteiger charge is 2.02. The molecule has 0 aliphatic heterocycles. The predicted molar refractivity (Wildman–Crippen MR) is 56.7 cm³/mol. The van der Waals surface area contributed by atoms with Crippen molar-refractivity contribution in [3.8, 4) is 0 Å². The van der Waals surface area contributed by atoms with Crippen LogP contribution in [-0.4, -0.2) is 21.9 Å². The standard InChI is InChI=1S/C10H14N4O/c1-8(11)10(15)14-4-2-3-9-5-12-7-13-6-9/h2,4-8H,3,11H2,1H3,(H,14,15)/b4-2+. The Morgan fingerprint density at radius 2 is 2.27 bits per heavy atom. The van der Waals surface area contributed by atoms with Crippen molar-refractivity contribution in [1.29, 1.82) is 0 Å². The quantitative estimate of drug-likeness (QED) is 0.726. The summed E-state index contributed by atoms with van der Waals surface area (Å²) in [6.07, 6.45) is 9.01. The Labute approximate surface area is 88.4 Å². The maximum atomic E-state index is 11.0. The summed E-state index contributed by atoms with van der Waals surface area (Å²) in [7, 11) is 0. The van der Waals surface area contributed by atoms with Crippen molar-refractivity contribution in [2.45, 2.75) is 19.4 Å². The summed E-state index contributed by atoms with van der Waals surface area (Å²) in [6.45, 7) is 1.63. The average Bonchev–Trinajstić information content (AvgIpc) is 2.25. The van der Waals surface area contributed by atoms with Gasteiger partial charge in [-0.05, 0) is 18.9 Å². The van der Waals surface area contributed by atoms with Gasteiger partial charge >= 0.3 is 0 Å². The van der Waals surface area contributed by atoms with Crippen LogP contribution in [0.1, 0.15) is 12.5 Å². The van der Waals surface area contributed by atoms with E-state index < -0.39 is 6.04 Å². The molecule has 1 amide bonds.